The molecule has 35 heavy (non-hydrogen) atoms. The number of likely N-dealkylation sites (tertiary alicyclic amines) is 1. The molecule has 0 spiro atoms. The van der Waals surface area contributed by atoms with Crippen LogP contribution < -0.4 is 10.4 Å². The summed E-state index contributed by atoms with van der Waals surface area (Å²) >= 11 is 0. The van der Waals surface area contributed by atoms with Crippen molar-refractivity contribution in [1.29, 1.82) is 0 Å². The molecule has 2 fully saturated rings. The van der Waals surface area contributed by atoms with Crippen molar-refractivity contribution in [2.45, 2.75) is 63.5 Å². The van der Waals surface area contributed by atoms with Gasteiger partial charge in [0.1, 0.15) is 11.3 Å². The molecule has 3 atom stereocenters. The van der Waals surface area contributed by atoms with Crippen molar-refractivity contribution in [3.63, 3.8) is 0 Å². The molecule has 184 valence electrons. The number of rotatable bonds is 6. The maximum absolute atomic E-state index is 13.4. The van der Waals surface area contributed by atoms with Crippen LogP contribution in [-0.2, 0) is 11.2 Å². The van der Waals surface area contributed by atoms with Crippen LogP contribution in [0.5, 0.6) is 5.75 Å². The van der Waals surface area contributed by atoms with Crippen LogP contribution >= 0.6 is 0 Å². The van der Waals surface area contributed by atoms with Gasteiger partial charge in [-0.15, -0.1) is 0 Å². The maximum atomic E-state index is 13.4. The van der Waals surface area contributed by atoms with Crippen molar-refractivity contribution in [3.05, 3.63) is 76.1 Å². The summed E-state index contributed by atoms with van der Waals surface area (Å²) in [5, 5.41) is 12.3. The van der Waals surface area contributed by atoms with E-state index in [1.807, 2.05) is 47.4 Å². The van der Waals surface area contributed by atoms with E-state index >= 15 is 0 Å². The van der Waals surface area contributed by atoms with Crippen LogP contribution in [0, 0.1) is 5.92 Å². The molecule has 1 aromatic heterocycles. The quantitative estimate of drug-likeness (QED) is 0.507. The molecule has 2 aliphatic rings. The highest BCUT2D eigenvalue weighted by Crippen LogP contribution is 2.49. The van der Waals surface area contributed by atoms with Crippen molar-refractivity contribution in [1.82, 2.24) is 4.90 Å². The van der Waals surface area contributed by atoms with Crippen molar-refractivity contribution in [2.75, 3.05) is 13.2 Å². The third-order valence-corrected chi connectivity index (χ3v) is 7.71. The van der Waals surface area contributed by atoms with E-state index in [1.165, 1.54) is 0 Å². The summed E-state index contributed by atoms with van der Waals surface area (Å²) in [5.74, 6) is 0.404. The van der Waals surface area contributed by atoms with Gasteiger partial charge in [-0.2, -0.15) is 0 Å². The Kier molecular flexibility index (Phi) is 6.65. The van der Waals surface area contributed by atoms with Gasteiger partial charge < -0.3 is 19.2 Å². The predicted octanol–water partition coefficient (Wildman–Crippen LogP) is 5.02. The van der Waals surface area contributed by atoms with Crippen LogP contribution in [0.15, 0.2) is 63.8 Å². The Morgan fingerprint density at radius 1 is 1.14 bits per heavy atom. The van der Waals surface area contributed by atoms with Crippen LogP contribution in [0.25, 0.3) is 11.0 Å². The molecule has 2 heterocycles. The number of hydrogen-bond acceptors (Lipinski definition) is 5. The van der Waals surface area contributed by atoms with Gasteiger partial charge in [-0.05, 0) is 48.9 Å². The van der Waals surface area contributed by atoms with Crippen LogP contribution in [0.4, 0.5) is 0 Å². The number of fused-ring (bicyclic) bond motifs is 2. The number of aryl methyl sites for hydroxylation is 1. The van der Waals surface area contributed by atoms with Gasteiger partial charge in [-0.25, -0.2) is 4.79 Å². The first kappa shape index (κ1) is 23.6. The van der Waals surface area contributed by atoms with E-state index in [0.717, 1.165) is 55.0 Å². The number of piperidine rings is 1. The smallest absolute Gasteiger partial charge is 0.336 e. The van der Waals surface area contributed by atoms with Crippen molar-refractivity contribution in [2.24, 2.45) is 5.92 Å². The third-order valence-electron chi connectivity index (χ3n) is 7.71. The van der Waals surface area contributed by atoms with Crippen LogP contribution in [0.1, 0.15) is 62.6 Å². The maximum Gasteiger partial charge on any atom is 0.336 e. The van der Waals surface area contributed by atoms with Gasteiger partial charge in [0.05, 0.1) is 11.6 Å². The topological polar surface area (TPSA) is 80.0 Å². The number of benzene rings is 2. The SMILES string of the molecule is CCCc1cc(=O)oc2cc(OCC(=O)N3CC[C@@]4(O)CCCC[C@H]4[C@H]3c3ccccc3)ccc12. The molecular formula is C29H33NO5. The first-order valence-corrected chi connectivity index (χ1v) is 12.7. The highest BCUT2D eigenvalue weighted by Gasteiger charge is 2.50. The minimum Gasteiger partial charge on any atom is -0.484 e. The second kappa shape index (κ2) is 9.86. The predicted molar refractivity (Wildman–Crippen MR) is 134 cm³/mol. The molecule has 0 unspecified atom stereocenters. The van der Waals surface area contributed by atoms with E-state index in [-0.39, 0.29) is 30.1 Å². The number of carbonyl (C=O) groups is 1. The molecule has 6 heteroatoms. The Morgan fingerprint density at radius 3 is 2.77 bits per heavy atom. The number of ether oxygens (including phenoxy) is 1. The van der Waals surface area contributed by atoms with E-state index in [4.69, 9.17) is 9.15 Å². The summed E-state index contributed by atoms with van der Waals surface area (Å²) in [6.45, 7) is 2.46. The standard InChI is InChI=1S/C29H33NO5/c1-2-8-21-17-27(32)35-25-18-22(12-13-23(21)25)34-19-26(31)30-16-15-29(33)14-7-6-11-24(29)28(30)20-9-4-3-5-10-20/h3-5,9-10,12-13,17-18,24,28,33H,2,6-8,11,14-16,19H2,1H3/t24-,28+,29-/m0/s1. The third kappa shape index (κ3) is 4.72. The zero-order valence-electron chi connectivity index (χ0n) is 20.2. The largest absolute Gasteiger partial charge is 0.484 e. The number of hydrogen-bond donors (Lipinski definition) is 1. The molecule has 0 bridgehead atoms. The molecule has 6 nitrogen and oxygen atoms in total. The molecule has 3 aromatic rings. The van der Waals surface area contributed by atoms with Gasteiger partial charge in [0, 0.05) is 30.0 Å². The molecule has 5 rings (SSSR count). The molecule has 1 N–H and O–H groups in total. The summed E-state index contributed by atoms with van der Waals surface area (Å²) in [6, 6.07) is 16.8. The van der Waals surface area contributed by atoms with Crippen molar-refractivity contribution < 1.29 is 19.1 Å². The molecule has 1 aliphatic carbocycles. The minimum absolute atomic E-state index is 0.0169. The molecule has 0 radical (unpaired) electrons. The normalized spacial score (nSPS) is 24.2. The second-order valence-electron chi connectivity index (χ2n) is 9.94. The lowest BCUT2D eigenvalue weighted by Crippen LogP contribution is -2.56. The first-order valence-electron chi connectivity index (χ1n) is 12.7. The van der Waals surface area contributed by atoms with Crippen LogP contribution in [0.2, 0.25) is 0 Å². The number of carbonyl (C=O) groups excluding carboxylic acids is 1. The lowest BCUT2D eigenvalue weighted by atomic mass is 9.66. The fourth-order valence-electron chi connectivity index (χ4n) is 6.03. The molecule has 1 aliphatic heterocycles. The molecular weight excluding hydrogens is 442 g/mol. The van der Waals surface area contributed by atoms with Crippen molar-refractivity contribution in [3.8, 4) is 5.75 Å². The zero-order chi connectivity index (χ0) is 24.4. The highest BCUT2D eigenvalue weighted by atomic mass is 16.5. The first-order chi connectivity index (χ1) is 17.0. The summed E-state index contributed by atoms with van der Waals surface area (Å²) in [6.07, 6.45) is 6.12. The van der Waals surface area contributed by atoms with Gasteiger partial charge in [-0.3, -0.25) is 4.79 Å². The van der Waals surface area contributed by atoms with Crippen LogP contribution in [-0.4, -0.2) is 34.7 Å². The van der Waals surface area contributed by atoms with Crippen LogP contribution in [0.3, 0.4) is 0 Å². The zero-order valence-corrected chi connectivity index (χ0v) is 20.2. The van der Waals surface area contributed by atoms with Gasteiger partial charge in [0.15, 0.2) is 6.61 Å². The van der Waals surface area contributed by atoms with Gasteiger partial charge in [0.2, 0.25) is 0 Å². The van der Waals surface area contributed by atoms with E-state index in [2.05, 4.69) is 6.92 Å². The van der Waals surface area contributed by atoms with E-state index in [1.54, 1.807) is 12.1 Å². The minimum atomic E-state index is -0.720. The number of nitrogens with zero attached hydrogens (tertiary/aromatic N) is 1. The van der Waals surface area contributed by atoms with Crippen molar-refractivity contribution >= 4 is 16.9 Å². The average molecular weight is 476 g/mol. The Morgan fingerprint density at radius 2 is 1.97 bits per heavy atom. The number of aliphatic hydroxyl groups is 1. The highest BCUT2D eigenvalue weighted by molar-refractivity contribution is 5.82. The second-order valence-corrected chi connectivity index (χ2v) is 9.94. The molecule has 1 amide bonds. The molecule has 1 saturated carbocycles. The summed E-state index contributed by atoms with van der Waals surface area (Å²) in [5.41, 5.74) is 1.39. The average Bonchev–Trinajstić information content (AvgIpc) is 2.86. The van der Waals surface area contributed by atoms with E-state index < -0.39 is 5.60 Å². The Bertz CT molecular complexity index is 1250. The Balaban J connectivity index is 1.37. The van der Waals surface area contributed by atoms with E-state index in [9.17, 15) is 14.7 Å². The fraction of sp³-hybridized carbons (Fsp3) is 0.448. The summed E-state index contributed by atoms with van der Waals surface area (Å²) in [7, 11) is 0. The molecule has 2 aromatic carbocycles. The van der Waals surface area contributed by atoms with Gasteiger partial charge in [-0.1, -0.05) is 56.5 Å². The fourth-order valence-corrected chi connectivity index (χ4v) is 6.03. The summed E-state index contributed by atoms with van der Waals surface area (Å²) in [4.78, 5) is 27.3. The Hall–Kier alpha value is -3.12. The monoisotopic (exact) mass is 475 g/mol. The lowest BCUT2D eigenvalue weighted by molar-refractivity contribution is -0.157. The Labute approximate surface area is 205 Å². The van der Waals surface area contributed by atoms with Gasteiger partial charge >= 0.3 is 5.63 Å². The number of amides is 1. The molecule has 1 saturated heterocycles. The van der Waals surface area contributed by atoms with Gasteiger partial charge in [0.25, 0.3) is 5.91 Å². The van der Waals surface area contributed by atoms with E-state index in [0.29, 0.717) is 24.3 Å². The summed E-state index contributed by atoms with van der Waals surface area (Å²) < 4.78 is 11.3. The lowest BCUT2D eigenvalue weighted by Gasteiger charge is -2.52.